The van der Waals surface area contributed by atoms with Gasteiger partial charge in [0.1, 0.15) is 4.90 Å². The summed E-state index contributed by atoms with van der Waals surface area (Å²) < 4.78 is 28.2. The highest BCUT2D eigenvalue weighted by molar-refractivity contribution is 7.89. The van der Waals surface area contributed by atoms with E-state index in [1.807, 2.05) is 7.05 Å². The molecule has 7 heteroatoms. The monoisotopic (exact) mass is 310 g/mol. The van der Waals surface area contributed by atoms with Crippen molar-refractivity contribution in [3.63, 3.8) is 0 Å². The second kappa shape index (κ2) is 7.07. The highest BCUT2D eigenvalue weighted by Gasteiger charge is 2.31. The number of aryl methyl sites for hydroxylation is 1. The van der Waals surface area contributed by atoms with Crippen LogP contribution in [0.2, 0.25) is 0 Å². The summed E-state index contributed by atoms with van der Waals surface area (Å²) in [5.41, 5.74) is 0. The maximum absolute atomic E-state index is 12.6. The minimum atomic E-state index is -3.54. The van der Waals surface area contributed by atoms with Crippen LogP contribution < -0.4 is 5.32 Å². The number of aromatic nitrogens is 2. The molecule has 1 heterocycles. The van der Waals surface area contributed by atoms with Crippen molar-refractivity contribution in [2.24, 2.45) is 5.92 Å². The zero-order valence-corrected chi connectivity index (χ0v) is 13.1. The van der Waals surface area contributed by atoms with Gasteiger partial charge in [-0.15, -0.1) is 6.42 Å². The molecule has 1 aliphatic carbocycles. The van der Waals surface area contributed by atoms with Gasteiger partial charge in [0, 0.05) is 19.3 Å². The van der Waals surface area contributed by atoms with Crippen LogP contribution in [0.3, 0.4) is 0 Å². The first-order valence-electron chi connectivity index (χ1n) is 7.18. The molecule has 6 nitrogen and oxygen atoms in total. The van der Waals surface area contributed by atoms with Crippen molar-refractivity contribution in [2.75, 3.05) is 26.7 Å². The molecule has 1 aliphatic rings. The van der Waals surface area contributed by atoms with Crippen molar-refractivity contribution >= 4 is 10.0 Å². The van der Waals surface area contributed by atoms with E-state index in [1.54, 1.807) is 10.9 Å². The van der Waals surface area contributed by atoms with E-state index in [2.05, 4.69) is 16.3 Å². The molecule has 0 radical (unpaired) electrons. The number of nitrogens with one attached hydrogen (secondary N) is 1. The van der Waals surface area contributed by atoms with Gasteiger partial charge in [0.25, 0.3) is 0 Å². The Kier molecular flexibility index (Phi) is 5.39. The summed E-state index contributed by atoms with van der Waals surface area (Å²) in [5, 5.41) is 7.17. The van der Waals surface area contributed by atoms with E-state index in [9.17, 15) is 8.42 Å². The molecule has 116 valence electrons. The van der Waals surface area contributed by atoms with Crippen LogP contribution in [0.1, 0.15) is 19.3 Å². The number of hydrogen-bond donors (Lipinski definition) is 1. The van der Waals surface area contributed by atoms with Crippen molar-refractivity contribution in [1.82, 2.24) is 19.4 Å². The Bertz CT molecular complexity index is 599. The second-order valence-electron chi connectivity index (χ2n) is 5.34. The summed E-state index contributed by atoms with van der Waals surface area (Å²) in [7, 11) is -1.65. The third kappa shape index (κ3) is 4.30. The molecule has 0 amide bonds. The van der Waals surface area contributed by atoms with Gasteiger partial charge >= 0.3 is 0 Å². The average molecular weight is 310 g/mol. The highest BCUT2D eigenvalue weighted by atomic mass is 32.2. The summed E-state index contributed by atoms with van der Waals surface area (Å²) in [6.07, 6.45) is 11.4. The Morgan fingerprint density at radius 2 is 2.33 bits per heavy atom. The molecule has 21 heavy (non-hydrogen) atoms. The molecule has 1 aromatic rings. The Hall–Kier alpha value is -1.36. The largest absolute Gasteiger partial charge is 0.320 e. The Morgan fingerprint density at radius 3 is 2.95 bits per heavy atom. The summed E-state index contributed by atoms with van der Waals surface area (Å²) in [6.45, 7) is 2.18. The van der Waals surface area contributed by atoms with Gasteiger partial charge in [0.2, 0.25) is 10.0 Å². The van der Waals surface area contributed by atoms with E-state index < -0.39 is 10.0 Å². The van der Waals surface area contributed by atoms with Gasteiger partial charge in [-0.25, -0.2) is 8.42 Å². The first kappa shape index (κ1) is 16.0. The Labute approximate surface area is 126 Å². The van der Waals surface area contributed by atoms with Crippen molar-refractivity contribution in [1.29, 1.82) is 0 Å². The fraction of sp³-hybridized carbons (Fsp3) is 0.643. The Morgan fingerprint density at radius 1 is 1.57 bits per heavy atom. The van der Waals surface area contributed by atoms with Gasteiger partial charge < -0.3 is 5.32 Å². The number of sulfonamides is 1. The van der Waals surface area contributed by atoms with Gasteiger partial charge in [0.15, 0.2) is 0 Å². The van der Waals surface area contributed by atoms with Crippen LogP contribution in [0.5, 0.6) is 0 Å². The van der Waals surface area contributed by atoms with E-state index in [4.69, 9.17) is 6.42 Å². The maximum Gasteiger partial charge on any atom is 0.247 e. The molecule has 1 N–H and O–H groups in total. The van der Waals surface area contributed by atoms with Gasteiger partial charge in [-0.1, -0.05) is 5.92 Å². The van der Waals surface area contributed by atoms with Gasteiger partial charge in [-0.05, 0) is 38.8 Å². The minimum absolute atomic E-state index is 0.115. The molecule has 1 fully saturated rings. The zero-order valence-electron chi connectivity index (χ0n) is 12.3. The normalized spacial score (nSPS) is 15.3. The quantitative estimate of drug-likeness (QED) is 0.533. The molecule has 0 aliphatic heterocycles. The van der Waals surface area contributed by atoms with Crippen LogP contribution in [-0.2, 0) is 16.6 Å². The number of terminal acetylenes is 1. The fourth-order valence-electron chi connectivity index (χ4n) is 2.10. The molecule has 0 aromatic carbocycles. The summed E-state index contributed by atoms with van der Waals surface area (Å²) in [4.78, 5) is 0.225. The molecule has 2 rings (SSSR count). The lowest BCUT2D eigenvalue weighted by molar-refractivity contribution is 0.430. The summed E-state index contributed by atoms with van der Waals surface area (Å²) >= 11 is 0. The first-order chi connectivity index (χ1) is 10.1. The first-order valence-corrected chi connectivity index (χ1v) is 8.62. The van der Waals surface area contributed by atoms with Crippen LogP contribution in [0.4, 0.5) is 0 Å². The number of rotatable bonds is 9. The van der Waals surface area contributed by atoms with E-state index >= 15 is 0 Å². The molecule has 0 bridgehead atoms. The van der Waals surface area contributed by atoms with Gasteiger partial charge in [0.05, 0.1) is 12.7 Å². The third-order valence-electron chi connectivity index (χ3n) is 3.49. The van der Waals surface area contributed by atoms with Crippen LogP contribution in [0.25, 0.3) is 0 Å². The van der Waals surface area contributed by atoms with Crippen LogP contribution >= 0.6 is 0 Å². The van der Waals surface area contributed by atoms with Crippen molar-refractivity contribution in [3.05, 3.63) is 12.4 Å². The van der Waals surface area contributed by atoms with E-state index in [-0.39, 0.29) is 11.4 Å². The standard InChI is InChI=1S/C14H22N4O2S/c1-3-8-18(11-13-5-6-13)21(19,20)14-10-16-17(12-14)9-4-7-15-2/h1,10,12-13,15H,4-9,11H2,2H3. The molecule has 0 unspecified atom stereocenters. The molecule has 0 saturated heterocycles. The number of nitrogens with zero attached hydrogens (tertiary/aromatic N) is 3. The predicted octanol–water partition coefficient (Wildman–Crippen LogP) is 0.527. The SMILES string of the molecule is C#CCN(CC1CC1)S(=O)(=O)c1cnn(CCCNC)c1. The lowest BCUT2D eigenvalue weighted by Crippen LogP contribution is -2.33. The molecule has 1 saturated carbocycles. The fourth-order valence-corrected chi connectivity index (χ4v) is 3.49. The van der Waals surface area contributed by atoms with Crippen molar-refractivity contribution < 1.29 is 8.42 Å². The highest BCUT2D eigenvalue weighted by Crippen LogP contribution is 2.31. The molecule has 0 spiro atoms. The van der Waals surface area contributed by atoms with Crippen LogP contribution in [0.15, 0.2) is 17.3 Å². The maximum atomic E-state index is 12.6. The lowest BCUT2D eigenvalue weighted by Gasteiger charge is -2.18. The molecular weight excluding hydrogens is 288 g/mol. The van der Waals surface area contributed by atoms with E-state index in [0.717, 1.165) is 25.8 Å². The summed E-state index contributed by atoms with van der Waals surface area (Å²) in [6, 6.07) is 0. The van der Waals surface area contributed by atoms with Crippen LogP contribution in [0, 0.1) is 18.3 Å². The lowest BCUT2D eigenvalue weighted by atomic mass is 10.4. The average Bonchev–Trinajstić information content (AvgIpc) is 3.14. The minimum Gasteiger partial charge on any atom is -0.320 e. The predicted molar refractivity (Wildman–Crippen MR) is 81.1 cm³/mol. The molecule has 0 atom stereocenters. The third-order valence-corrected chi connectivity index (χ3v) is 5.25. The number of hydrogen-bond acceptors (Lipinski definition) is 4. The second-order valence-corrected chi connectivity index (χ2v) is 7.28. The van der Waals surface area contributed by atoms with Crippen LogP contribution in [-0.4, -0.2) is 49.2 Å². The molecule has 1 aromatic heterocycles. The van der Waals surface area contributed by atoms with Gasteiger partial charge in [-0.2, -0.15) is 9.40 Å². The van der Waals surface area contributed by atoms with Crippen molar-refractivity contribution in [3.8, 4) is 12.3 Å². The van der Waals surface area contributed by atoms with Crippen molar-refractivity contribution in [2.45, 2.75) is 30.7 Å². The Balaban J connectivity index is 2.07. The van der Waals surface area contributed by atoms with E-state index in [0.29, 0.717) is 19.0 Å². The zero-order chi connectivity index (χ0) is 15.3. The smallest absolute Gasteiger partial charge is 0.247 e. The summed E-state index contributed by atoms with van der Waals surface area (Å²) in [5.74, 6) is 2.89. The molecular formula is C14H22N4O2S. The van der Waals surface area contributed by atoms with E-state index in [1.165, 1.54) is 10.5 Å². The topological polar surface area (TPSA) is 67.2 Å². The van der Waals surface area contributed by atoms with Gasteiger partial charge in [-0.3, -0.25) is 4.68 Å².